The molecule has 12 heteroatoms. The number of pyridine rings is 2. The summed E-state index contributed by atoms with van der Waals surface area (Å²) in [5.74, 6) is -1.57. The average Bonchev–Trinajstić information content (AvgIpc) is 3.09. The van der Waals surface area contributed by atoms with Crippen molar-refractivity contribution in [3.05, 3.63) is 132 Å². The number of hydrogen-bond acceptors (Lipinski definition) is 8. The molecule has 0 saturated carbocycles. The summed E-state index contributed by atoms with van der Waals surface area (Å²) < 4.78 is 11.0. The minimum Gasteiger partial charge on any atom is -0.494 e. The topological polar surface area (TPSA) is 161 Å². The monoisotopic (exact) mass is 616 g/mol. The van der Waals surface area contributed by atoms with E-state index in [0.29, 0.717) is 0 Å². The number of nitrogens with one attached hydrogen (secondary N) is 4. The summed E-state index contributed by atoms with van der Waals surface area (Å²) in [6.07, 6.45) is 2.99. The Labute approximate surface area is 263 Å². The molecule has 0 aliphatic rings. The van der Waals surface area contributed by atoms with Crippen molar-refractivity contribution in [1.82, 2.24) is 9.97 Å². The van der Waals surface area contributed by atoms with Gasteiger partial charge in [-0.1, -0.05) is 36.4 Å². The SMILES string of the molecule is COc1cc(OC)c(NC(=O)c2ccccc2NC(=O)c2ccccn2)cc1NC(=O)c1ccccc1NC(=O)c1ccccn1. The normalized spacial score (nSPS) is 10.3. The van der Waals surface area contributed by atoms with Crippen LogP contribution in [0.25, 0.3) is 0 Å². The highest BCUT2D eigenvalue weighted by Gasteiger charge is 2.21. The van der Waals surface area contributed by atoms with E-state index in [1.807, 2.05) is 0 Å². The van der Waals surface area contributed by atoms with Crippen LogP contribution in [0.2, 0.25) is 0 Å². The molecule has 5 aromatic rings. The van der Waals surface area contributed by atoms with E-state index in [9.17, 15) is 19.2 Å². The maximum atomic E-state index is 13.5. The predicted octanol–water partition coefficient (Wildman–Crippen LogP) is 5.50. The van der Waals surface area contributed by atoms with Crippen LogP contribution in [-0.4, -0.2) is 47.8 Å². The van der Waals surface area contributed by atoms with Crippen LogP contribution in [0.3, 0.4) is 0 Å². The van der Waals surface area contributed by atoms with E-state index in [4.69, 9.17) is 9.47 Å². The van der Waals surface area contributed by atoms with Crippen LogP contribution in [0, 0.1) is 0 Å². The Hall–Kier alpha value is -6.56. The number of amides is 4. The van der Waals surface area contributed by atoms with E-state index >= 15 is 0 Å². The van der Waals surface area contributed by atoms with Gasteiger partial charge in [-0.25, -0.2) is 0 Å². The Balaban J connectivity index is 1.39. The fourth-order valence-corrected chi connectivity index (χ4v) is 4.42. The quantitative estimate of drug-likeness (QED) is 0.160. The molecule has 46 heavy (non-hydrogen) atoms. The van der Waals surface area contributed by atoms with Gasteiger partial charge in [-0.3, -0.25) is 29.1 Å². The Morgan fingerprint density at radius 2 is 0.870 bits per heavy atom. The van der Waals surface area contributed by atoms with E-state index in [-0.39, 0.29) is 56.8 Å². The predicted molar refractivity (Wildman–Crippen MR) is 173 cm³/mol. The lowest BCUT2D eigenvalue weighted by atomic mass is 10.1. The summed E-state index contributed by atoms with van der Waals surface area (Å²) in [5, 5.41) is 11.0. The standard InChI is InChI=1S/C34H28N6O6/c1-45-29-20-30(46-2)28(40-32(42)22-12-4-6-14-24(22)38-34(44)26-16-8-10-18-36-26)19-27(29)39-31(41)21-11-3-5-13-23(21)37-33(43)25-15-7-9-17-35-25/h3-20H,1-2H3,(H,37,43)(H,38,44)(H,39,41)(H,40,42). The summed E-state index contributed by atoms with van der Waals surface area (Å²) in [5.41, 5.74) is 1.68. The van der Waals surface area contributed by atoms with E-state index in [2.05, 4.69) is 31.2 Å². The van der Waals surface area contributed by atoms with Crippen LogP contribution >= 0.6 is 0 Å². The summed E-state index contributed by atoms with van der Waals surface area (Å²) >= 11 is 0. The van der Waals surface area contributed by atoms with Crippen molar-refractivity contribution in [2.24, 2.45) is 0 Å². The lowest BCUT2D eigenvalue weighted by Crippen LogP contribution is -2.20. The molecule has 0 spiro atoms. The van der Waals surface area contributed by atoms with Gasteiger partial charge < -0.3 is 30.7 Å². The second-order valence-corrected chi connectivity index (χ2v) is 9.59. The van der Waals surface area contributed by atoms with Crippen molar-refractivity contribution in [1.29, 1.82) is 0 Å². The summed E-state index contributed by atoms with van der Waals surface area (Å²) in [4.78, 5) is 60.6. The third kappa shape index (κ3) is 7.14. The zero-order valence-electron chi connectivity index (χ0n) is 24.7. The highest BCUT2D eigenvalue weighted by atomic mass is 16.5. The number of carbonyl (C=O) groups is 4. The molecule has 2 heterocycles. The number of anilines is 4. The van der Waals surface area contributed by atoms with Crippen molar-refractivity contribution < 1.29 is 28.7 Å². The first kappa shape index (κ1) is 30.9. The number of rotatable bonds is 10. The van der Waals surface area contributed by atoms with Gasteiger partial charge in [0.15, 0.2) is 0 Å². The smallest absolute Gasteiger partial charge is 0.274 e. The second kappa shape index (κ2) is 14.3. The van der Waals surface area contributed by atoms with Crippen LogP contribution in [0.1, 0.15) is 41.7 Å². The number of ether oxygens (including phenoxy) is 2. The van der Waals surface area contributed by atoms with Crippen molar-refractivity contribution in [3.8, 4) is 11.5 Å². The number of para-hydroxylation sites is 2. The van der Waals surface area contributed by atoms with Gasteiger partial charge in [-0.2, -0.15) is 0 Å². The first-order valence-corrected chi connectivity index (χ1v) is 13.9. The number of hydrogen-bond donors (Lipinski definition) is 4. The molecule has 0 aliphatic carbocycles. The first-order chi connectivity index (χ1) is 22.4. The highest BCUT2D eigenvalue weighted by molar-refractivity contribution is 6.14. The lowest BCUT2D eigenvalue weighted by molar-refractivity contribution is 0.100. The van der Waals surface area contributed by atoms with Crippen molar-refractivity contribution in [2.45, 2.75) is 0 Å². The van der Waals surface area contributed by atoms with Crippen LogP contribution in [0.4, 0.5) is 22.7 Å². The molecule has 5 rings (SSSR count). The fourth-order valence-electron chi connectivity index (χ4n) is 4.42. The van der Waals surface area contributed by atoms with Crippen LogP contribution in [0.15, 0.2) is 109 Å². The van der Waals surface area contributed by atoms with Gasteiger partial charge in [0.2, 0.25) is 0 Å². The summed E-state index contributed by atoms with van der Waals surface area (Å²) in [6, 6.07) is 25.8. The molecule has 0 bridgehead atoms. The molecule has 4 N–H and O–H groups in total. The third-order valence-corrected chi connectivity index (χ3v) is 6.65. The Bertz CT molecular complexity index is 1770. The molecule has 12 nitrogen and oxygen atoms in total. The van der Waals surface area contributed by atoms with Crippen molar-refractivity contribution >= 4 is 46.4 Å². The molecule has 0 unspecified atom stereocenters. The van der Waals surface area contributed by atoms with E-state index in [0.717, 1.165) is 0 Å². The molecule has 0 atom stereocenters. The number of methoxy groups -OCH3 is 2. The molecule has 4 amide bonds. The van der Waals surface area contributed by atoms with Crippen molar-refractivity contribution in [2.75, 3.05) is 35.5 Å². The maximum absolute atomic E-state index is 13.5. The molecule has 0 aliphatic heterocycles. The lowest BCUT2D eigenvalue weighted by Gasteiger charge is -2.18. The average molecular weight is 617 g/mol. The molecular formula is C34H28N6O6. The number of carbonyl (C=O) groups excluding carboxylic acids is 4. The summed E-state index contributed by atoms with van der Waals surface area (Å²) in [6.45, 7) is 0. The van der Waals surface area contributed by atoms with E-state index in [1.54, 1.807) is 84.9 Å². The Morgan fingerprint density at radius 1 is 0.478 bits per heavy atom. The van der Waals surface area contributed by atoms with Gasteiger partial charge in [0.1, 0.15) is 22.9 Å². The molecule has 0 saturated heterocycles. The molecule has 3 aromatic carbocycles. The van der Waals surface area contributed by atoms with Crippen molar-refractivity contribution in [3.63, 3.8) is 0 Å². The second-order valence-electron chi connectivity index (χ2n) is 9.59. The molecule has 0 radical (unpaired) electrons. The van der Waals surface area contributed by atoms with Gasteiger partial charge in [0.05, 0.1) is 48.1 Å². The zero-order valence-corrected chi connectivity index (χ0v) is 24.7. The van der Waals surface area contributed by atoms with E-state index in [1.165, 1.54) is 38.7 Å². The van der Waals surface area contributed by atoms with Gasteiger partial charge in [0.25, 0.3) is 23.6 Å². The first-order valence-electron chi connectivity index (χ1n) is 13.9. The Kier molecular flexibility index (Phi) is 9.58. The minimum atomic E-state index is -0.555. The van der Waals surface area contributed by atoms with E-state index < -0.39 is 23.6 Å². The number of benzene rings is 3. The number of nitrogens with zero attached hydrogens (tertiary/aromatic N) is 2. The third-order valence-electron chi connectivity index (χ3n) is 6.65. The molecule has 0 fully saturated rings. The molecule has 2 aromatic heterocycles. The Morgan fingerprint density at radius 3 is 1.26 bits per heavy atom. The van der Waals surface area contributed by atoms with Gasteiger partial charge in [-0.15, -0.1) is 0 Å². The molecular weight excluding hydrogens is 588 g/mol. The van der Waals surface area contributed by atoms with Gasteiger partial charge >= 0.3 is 0 Å². The van der Waals surface area contributed by atoms with Crippen LogP contribution < -0.4 is 30.7 Å². The van der Waals surface area contributed by atoms with Gasteiger partial charge in [0, 0.05) is 18.5 Å². The summed E-state index contributed by atoms with van der Waals surface area (Å²) in [7, 11) is 2.84. The maximum Gasteiger partial charge on any atom is 0.274 e. The largest absolute Gasteiger partial charge is 0.494 e. The zero-order chi connectivity index (χ0) is 32.5. The van der Waals surface area contributed by atoms with Crippen LogP contribution in [0.5, 0.6) is 11.5 Å². The van der Waals surface area contributed by atoms with Gasteiger partial charge in [-0.05, 0) is 54.6 Å². The highest BCUT2D eigenvalue weighted by Crippen LogP contribution is 2.37. The fraction of sp³-hybridized carbons (Fsp3) is 0.0588. The van der Waals surface area contributed by atoms with Crippen LogP contribution in [-0.2, 0) is 0 Å². The number of aromatic nitrogens is 2. The minimum absolute atomic E-state index is 0.174. The molecule has 230 valence electrons.